The normalized spacial score (nSPS) is 11.8. The summed E-state index contributed by atoms with van der Waals surface area (Å²) in [5.74, 6) is -0.558. The number of aryl methyl sites for hydroxylation is 1. The van der Waals surface area contributed by atoms with E-state index in [-0.39, 0.29) is 17.1 Å². The zero-order valence-corrected chi connectivity index (χ0v) is 9.29. The van der Waals surface area contributed by atoms with Gasteiger partial charge in [-0.2, -0.15) is 18.3 Å². The number of alkyl halides is 3. The van der Waals surface area contributed by atoms with Gasteiger partial charge in [-0.3, -0.25) is 0 Å². The van der Waals surface area contributed by atoms with E-state index in [0.717, 1.165) is 22.9 Å². The average molecular weight is 259 g/mol. The Bertz CT molecular complexity index is 586. The molecule has 2 aromatic rings. The molecular weight excluding hydrogens is 250 g/mol. The molecule has 0 aliphatic rings. The summed E-state index contributed by atoms with van der Waals surface area (Å²) >= 11 is 0. The number of nitrogens with zero attached hydrogens (tertiary/aromatic N) is 2. The van der Waals surface area contributed by atoms with Crippen molar-refractivity contribution in [1.82, 2.24) is 9.78 Å². The minimum atomic E-state index is -4.52. The van der Waals surface area contributed by atoms with Gasteiger partial charge < -0.3 is 5.73 Å². The molecule has 2 rings (SSSR count). The highest BCUT2D eigenvalue weighted by atomic mass is 19.4. The van der Waals surface area contributed by atoms with E-state index in [2.05, 4.69) is 5.10 Å². The van der Waals surface area contributed by atoms with Gasteiger partial charge in [-0.15, -0.1) is 0 Å². The lowest BCUT2D eigenvalue weighted by atomic mass is 10.2. The SMILES string of the molecule is Cc1cc(C(F)(F)F)nn1-c1ccc(F)cc1N. The molecule has 0 aliphatic carbocycles. The van der Waals surface area contributed by atoms with Crippen LogP contribution in [0.1, 0.15) is 11.4 Å². The third-order valence-corrected chi connectivity index (χ3v) is 2.40. The molecule has 0 radical (unpaired) electrons. The molecule has 96 valence electrons. The summed E-state index contributed by atoms with van der Waals surface area (Å²) in [6, 6.07) is 4.33. The molecule has 0 saturated heterocycles. The first kappa shape index (κ1) is 12.4. The summed E-state index contributed by atoms with van der Waals surface area (Å²) in [4.78, 5) is 0. The quantitative estimate of drug-likeness (QED) is 0.632. The fraction of sp³-hybridized carbons (Fsp3) is 0.182. The predicted molar refractivity (Wildman–Crippen MR) is 57.7 cm³/mol. The average Bonchev–Trinajstić information content (AvgIpc) is 2.60. The minimum Gasteiger partial charge on any atom is -0.397 e. The zero-order chi connectivity index (χ0) is 13.5. The summed E-state index contributed by atoms with van der Waals surface area (Å²) in [5.41, 5.74) is 5.05. The summed E-state index contributed by atoms with van der Waals surface area (Å²) in [5, 5.41) is 3.43. The van der Waals surface area contributed by atoms with Crippen molar-refractivity contribution in [3.63, 3.8) is 0 Å². The standard InChI is InChI=1S/C11H9F4N3/c1-6-4-10(11(13,14)15)17-18(6)9-3-2-7(12)5-8(9)16/h2-5H,16H2,1H3. The van der Waals surface area contributed by atoms with Crippen LogP contribution in [0.2, 0.25) is 0 Å². The Morgan fingerprint density at radius 1 is 1.22 bits per heavy atom. The van der Waals surface area contributed by atoms with Crippen LogP contribution in [0.4, 0.5) is 23.2 Å². The number of nitrogens with two attached hydrogens (primary N) is 1. The fourth-order valence-electron chi connectivity index (χ4n) is 1.58. The van der Waals surface area contributed by atoms with Crippen molar-refractivity contribution in [1.29, 1.82) is 0 Å². The Morgan fingerprint density at radius 2 is 1.89 bits per heavy atom. The molecule has 0 unspecified atom stereocenters. The van der Waals surface area contributed by atoms with Crippen LogP contribution >= 0.6 is 0 Å². The molecule has 0 bridgehead atoms. The molecule has 0 aliphatic heterocycles. The number of aromatic nitrogens is 2. The first-order valence-electron chi connectivity index (χ1n) is 4.98. The number of benzene rings is 1. The van der Waals surface area contributed by atoms with E-state index in [9.17, 15) is 17.6 Å². The lowest BCUT2D eigenvalue weighted by Gasteiger charge is -2.07. The van der Waals surface area contributed by atoms with E-state index in [1.165, 1.54) is 13.0 Å². The van der Waals surface area contributed by atoms with Gasteiger partial charge in [-0.1, -0.05) is 0 Å². The van der Waals surface area contributed by atoms with Gasteiger partial charge in [0.1, 0.15) is 5.82 Å². The second-order valence-corrected chi connectivity index (χ2v) is 3.78. The number of hydrogen-bond donors (Lipinski definition) is 1. The Balaban J connectivity index is 2.55. The number of anilines is 1. The molecule has 1 aromatic carbocycles. The molecule has 1 heterocycles. The summed E-state index contributed by atoms with van der Waals surface area (Å²) in [7, 11) is 0. The molecular formula is C11H9F4N3. The molecule has 0 amide bonds. The molecule has 1 aromatic heterocycles. The molecule has 0 spiro atoms. The van der Waals surface area contributed by atoms with Gasteiger partial charge in [0.2, 0.25) is 0 Å². The van der Waals surface area contributed by atoms with Crippen molar-refractivity contribution in [2.45, 2.75) is 13.1 Å². The molecule has 3 nitrogen and oxygen atoms in total. The van der Waals surface area contributed by atoms with Gasteiger partial charge in [-0.05, 0) is 31.2 Å². The molecule has 7 heteroatoms. The van der Waals surface area contributed by atoms with E-state index < -0.39 is 17.7 Å². The maximum atomic E-state index is 12.9. The molecule has 2 N–H and O–H groups in total. The first-order chi connectivity index (χ1) is 8.29. The van der Waals surface area contributed by atoms with Crippen molar-refractivity contribution in [3.8, 4) is 5.69 Å². The lowest BCUT2D eigenvalue weighted by Crippen LogP contribution is -2.08. The fourth-order valence-corrected chi connectivity index (χ4v) is 1.58. The van der Waals surface area contributed by atoms with Crippen LogP contribution < -0.4 is 5.73 Å². The Morgan fingerprint density at radius 3 is 2.39 bits per heavy atom. The Kier molecular flexibility index (Phi) is 2.76. The van der Waals surface area contributed by atoms with Gasteiger partial charge in [0.05, 0.1) is 11.4 Å². The molecule has 0 atom stereocenters. The maximum absolute atomic E-state index is 12.9. The van der Waals surface area contributed by atoms with Crippen LogP contribution in [-0.4, -0.2) is 9.78 Å². The van der Waals surface area contributed by atoms with Gasteiger partial charge >= 0.3 is 6.18 Å². The Labute approximate surface area is 99.8 Å². The number of halogens is 4. The molecule has 0 fully saturated rings. The highest BCUT2D eigenvalue weighted by Gasteiger charge is 2.34. The van der Waals surface area contributed by atoms with Crippen LogP contribution in [-0.2, 0) is 6.18 Å². The smallest absolute Gasteiger partial charge is 0.397 e. The summed E-state index contributed by atoms with van der Waals surface area (Å²) < 4.78 is 51.4. The monoisotopic (exact) mass is 259 g/mol. The van der Waals surface area contributed by atoms with E-state index in [1.807, 2.05) is 0 Å². The van der Waals surface area contributed by atoms with Crippen molar-refractivity contribution in [2.75, 3.05) is 5.73 Å². The van der Waals surface area contributed by atoms with Crippen molar-refractivity contribution < 1.29 is 17.6 Å². The van der Waals surface area contributed by atoms with Crippen LogP contribution in [0.15, 0.2) is 24.3 Å². The highest BCUT2D eigenvalue weighted by Crippen LogP contribution is 2.30. The minimum absolute atomic E-state index is 0.0231. The maximum Gasteiger partial charge on any atom is 0.435 e. The number of hydrogen-bond acceptors (Lipinski definition) is 2. The van der Waals surface area contributed by atoms with Crippen LogP contribution in [0, 0.1) is 12.7 Å². The van der Waals surface area contributed by atoms with Crippen LogP contribution in [0.3, 0.4) is 0 Å². The summed E-state index contributed by atoms with van der Waals surface area (Å²) in [6.07, 6.45) is -4.52. The van der Waals surface area contributed by atoms with Crippen LogP contribution in [0.5, 0.6) is 0 Å². The van der Waals surface area contributed by atoms with Crippen molar-refractivity contribution >= 4 is 5.69 Å². The van der Waals surface area contributed by atoms with Crippen molar-refractivity contribution in [2.24, 2.45) is 0 Å². The third-order valence-electron chi connectivity index (χ3n) is 2.40. The van der Waals surface area contributed by atoms with Gasteiger partial charge in [-0.25, -0.2) is 9.07 Å². The van der Waals surface area contributed by atoms with E-state index in [1.54, 1.807) is 0 Å². The van der Waals surface area contributed by atoms with Gasteiger partial charge in [0, 0.05) is 5.69 Å². The number of rotatable bonds is 1. The lowest BCUT2D eigenvalue weighted by molar-refractivity contribution is -0.141. The molecule has 0 saturated carbocycles. The second kappa shape index (κ2) is 4.01. The van der Waals surface area contributed by atoms with Gasteiger partial charge in [0.15, 0.2) is 5.69 Å². The second-order valence-electron chi connectivity index (χ2n) is 3.78. The van der Waals surface area contributed by atoms with E-state index >= 15 is 0 Å². The van der Waals surface area contributed by atoms with Gasteiger partial charge in [0.25, 0.3) is 0 Å². The van der Waals surface area contributed by atoms with E-state index in [4.69, 9.17) is 5.73 Å². The first-order valence-corrected chi connectivity index (χ1v) is 4.98. The largest absolute Gasteiger partial charge is 0.435 e. The predicted octanol–water partition coefficient (Wildman–Crippen LogP) is 2.92. The van der Waals surface area contributed by atoms with E-state index in [0.29, 0.717) is 0 Å². The molecule has 18 heavy (non-hydrogen) atoms. The number of nitrogen functional groups attached to an aromatic ring is 1. The highest BCUT2D eigenvalue weighted by molar-refractivity contribution is 5.57. The van der Waals surface area contributed by atoms with Crippen molar-refractivity contribution in [3.05, 3.63) is 41.5 Å². The zero-order valence-electron chi connectivity index (χ0n) is 9.29. The van der Waals surface area contributed by atoms with Crippen LogP contribution in [0.25, 0.3) is 5.69 Å². The Hall–Kier alpha value is -2.05. The summed E-state index contributed by atoms with van der Waals surface area (Å²) in [6.45, 7) is 1.46. The topological polar surface area (TPSA) is 43.8 Å². The third kappa shape index (κ3) is 2.15.